The first-order valence-corrected chi connectivity index (χ1v) is 12.4. The van der Waals surface area contributed by atoms with E-state index in [9.17, 15) is 9.59 Å². The molecule has 0 aliphatic rings. The normalized spacial score (nSPS) is 10.6. The van der Waals surface area contributed by atoms with Crippen LogP contribution in [-0.4, -0.2) is 31.3 Å². The number of rotatable bonds is 12. The number of hydrogen-bond acceptors (Lipinski definition) is 7. The molecule has 0 aliphatic carbocycles. The van der Waals surface area contributed by atoms with Crippen molar-refractivity contribution in [2.45, 2.75) is 13.5 Å². The van der Waals surface area contributed by atoms with Crippen molar-refractivity contribution in [2.24, 2.45) is 5.10 Å². The van der Waals surface area contributed by atoms with Gasteiger partial charge in [-0.2, -0.15) is 5.10 Å². The molecule has 0 aliphatic heterocycles. The Morgan fingerprint density at radius 3 is 1.97 bits per heavy atom. The van der Waals surface area contributed by atoms with Gasteiger partial charge in [0.05, 0.1) is 18.4 Å². The molecular weight excluding hydrogens is 496 g/mol. The average Bonchev–Trinajstić information content (AvgIpc) is 2.97. The number of amides is 1. The zero-order chi connectivity index (χ0) is 27.3. The molecule has 0 aromatic heterocycles. The minimum absolute atomic E-state index is 0.192. The summed E-state index contributed by atoms with van der Waals surface area (Å²) < 4.78 is 22.0. The molecule has 198 valence electrons. The van der Waals surface area contributed by atoms with Crippen LogP contribution in [0.25, 0.3) is 0 Å². The standard InChI is InChI=1S/C31H28N2O6/c1-2-36-26-14-10-25(11-15-26)31(35)39-29-12-8-23(9-13-29)20-32-33-30(34)22-38-28-18-16-27(17-19-28)37-21-24-6-4-3-5-7-24/h3-20H,2,21-22H2,1H3,(H,33,34)/b32-20+. The molecule has 4 aromatic carbocycles. The van der Waals surface area contributed by atoms with E-state index in [-0.39, 0.29) is 6.61 Å². The third-order valence-electron chi connectivity index (χ3n) is 5.34. The van der Waals surface area contributed by atoms with Crippen LogP contribution in [0.4, 0.5) is 0 Å². The van der Waals surface area contributed by atoms with Crippen molar-refractivity contribution in [3.8, 4) is 23.0 Å². The topological polar surface area (TPSA) is 95.5 Å². The van der Waals surface area contributed by atoms with E-state index in [1.54, 1.807) is 72.8 Å². The van der Waals surface area contributed by atoms with Crippen LogP contribution in [0.1, 0.15) is 28.4 Å². The molecule has 1 N–H and O–H groups in total. The van der Waals surface area contributed by atoms with Gasteiger partial charge in [0.1, 0.15) is 29.6 Å². The highest BCUT2D eigenvalue weighted by Crippen LogP contribution is 2.19. The number of ether oxygens (including phenoxy) is 4. The quantitative estimate of drug-likeness (QED) is 0.115. The fourth-order valence-corrected chi connectivity index (χ4v) is 3.37. The van der Waals surface area contributed by atoms with Crippen LogP contribution >= 0.6 is 0 Å². The highest BCUT2D eigenvalue weighted by atomic mass is 16.5. The van der Waals surface area contributed by atoms with Gasteiger partial charge in [0, 0.05) is 0 Å². The van der Waals surface area contributed by atoms with Crippen LogP contribution in [0.2, 0.25) is 0 Å². The van der Waals surface area contributed by atoms with Gasteiger partial charge in [0.25, 0.3) is 5.91 Å². The van der Waals surface area contributed by atoms with Gasteiger partial charge < -0.3 is 18.9 Å². The van der Waals surface area contributed by atoms with E-state index in [0.29, 0.717) is 47.3 Å². The lowest BCUT2D eigenvalue weighted by Crippen LogP contribution is -2.24. The van der Waals surface area contributed by atoms with Gasteiger partial charge in [-0.25, -0.2) is 10.2 Å². The molecule has 8 heteroatoms. The van der Waals surface area contributed by atoms with Crippen LogP contribution in [0.5, 0.6) is 23.0 Å². The third kappa shape index (κ3) is 8.75. The zero-order valence-electron chi connectivity index (χ0n) is 21.4. The van der Waals surface area contributed by atoms with E-state index in [1.165, 1.54) is 6.21 Å². The Kier molecular flexibility index (Phi) is 9.67. The summed E-state index contributed by atoms with van der Waals surface area (Å²) in [4.78, 5) is 24.4. The summed E-state index contributed by atoms with van der Waals surface area (Å²) in [6.45, 7) is 2.73. The van der Waals surface area contributed by atoms with Gasteiger partial charge in [0.15, 0.2) is 6.61 Å². The van der Waals surface area contributed by atoms with Crippen molar-refractivity contribution in [1.82, 2.24) is 5.43 Å². The van der Waals surface area contributed by atoms with E-state index < -0.39 is 11.9 Å². The first-order valence-electron chi connectivity index (χ1n) is 12.4. The van der Waals surface area contributed by atoms with Crippen molar-refractivity contribution >= 4 is 18.1 Å². The lowest BCUT2D eigenvalue weighted by atomic mass is 10.2. The summed E-state index contributed by atoms with van der Waals surface area (Å²) in [7, 11) is 0. The Bertz CT molecular complexity index is 1370. The maximum Gasteiger partial charge on any atom is 0.343 e. The Balaban J connectivity index is 1.17. The van der Waals surface area contributed by atoms with Crippen LogP contribution in [-0.2, 0) is 11.4 Å². The maximum absolute atomic E-state index is 12.3. The number of nitrogens with zero attached hydrogens (tertiary/aromatic N) is 1. The van der Waals surface area contributed by atoms with Crippen LogP contribution in [0.3, 0.4) is 0 Å². The molecule has 8 nitrogen and oxygen atoms in total. The van der Waals surface area contributed by atoms with Gasteiger partial charge in [-0.15, -0.1) is 0 Å². The number of hydrogen-bond donors (Lipinski definition) is 1. The highest BCUT2D eigenvalue weighted by molar-refractivity contribution is 5.91. The second-order valence-electron chi connectivity index (χ2n) is 8.24. The van der Waals surface area contributed by atoms with E-state index >= 15 is 0 Å². The predicted octanol–water partition coefficient (Wildman–Crippen LogP) is 5.41. The number of hydrazone groups is 1. The number of esters is 1. The predicted molar refractivity (Wildman–Crippen MR) is 147 cm³/mol. The molecular formula is C31H28N2O6. The van der Waals surface area contributed by atoms with Gasteiger partial charge in [-0.05, 0) is 90.8 Å². The fourth-order valence-electron chi connectivity index (χ4n) is 3.37. The lowest BCUT2D eigenvalue weighted by Gasteiger charge is -2.08. The molecule has 0 saturated heterocycles. The molecule has 0 bridgehead atoms. The lowest BCUT2D eigenvalue weighted by molar-refractivity contribution is -0.123. The minimum atomic E-state index is -0.471. The Morgan fingerprint density at radius 1 is 0.718 bits per heavy atom. The molecule has 1 amide bonds. The molecule has 0 spiro atoms. The Morgan fingerprint density at radius 2 is 1.31 bits per heavy atom. The van der Waals surface area contributed by atoms with Crippen molar-refractivity contribution in [3.63, 3.8) is 0 Å². The van der Waals surface area contributed by atoms with Crippen LogP contribution in [0, 0.1) is 0 Å². The summed E-state index contributed by atoms with van der Waals surface area (Å²) in [5.41, 5.74) is 4.63. The molecule has 0 atom stereocenters. The highest BCUT2D eigenvalue weighted by Gasteiger charge is 2.09. The molecule has 39 heavy (non-hydrogen) atoms. The second-order valence-corrected chi connectivity index (χ2v) is 8.24. The van der Waals surface area contributed by atoms with Crippen molar-refractivity contribution in [1.29, 1.82) is 0 Å². The molecule has 0 unspecified atom stereocenters. The summed E-state index contributed by atoms with van der Waals surface area (Å²) in [6, 6.07) is 30.4. The third-order valence-corrected chi connectivity index (χ3v) is 5.34. The van der Waals surface area contributed by atoms with Gasteiger partial charge in [-0.3, -0.25) is 4.79 Å². The Labute approximate surface area is 226 Å². The molecule has 0 fully saturated rings. The largest absolute Gasteiger partial charge is 0.494 e. The average molecular weight is 525 g/mol. The van der Waals surface area contributed by atoms with Crippen molar-refractivity contribution in [3.05, 3.63) is 120 Å². The van der Waals surface area contributed by atoms with E-state index in [0.717, 1.165) is 5.56 Å². The second kappa shape index (κ2) is 14.0. The summed E-state index contributed by atoms with van der Waals surface area (Å²) in [5.74, 6) is 1.45. The van der Waals surface area contributed by atoms with Gasteiger partial charge >= 0.3 is 5.97 Å². The molecule has 0 heterocycles. The molecule has 4 rings (SSSR count). The van der Waals surface area contributed by atoms with E-state index in [4.69, 9.17) is 18.9 Å². The van der Waals surface area contributed by atoms with Crippen LogP contribution in [0.15, 0.2) is 108 Å². The SMILES string of the molecule is CCOc1ccc(C(=O)Oc2ccc(/C=N/NC(=O)COc3ccc(OCc4ccccc4)cc3)cc2)cc1. The summed E-state index contributed by atoms with van der Waals surface area (Å²) >= 11 is 0. The maximum atomic E-state index is 12.3. The number of carbonyl (C=O) groups excluding carboxylic acids is 2. The van der Waals surface area contributed by atoms with Gasteiger partial charge in [-0.1, -0.05) is 30.3 Å². The fraction of sp³-hybridized carbons (Fsp3) is 0.129. The van der Waals surface area contributed by atoms with Crippen molar-refractivity contribution in [2.75, 3.05) is 13.2 Å². The van der Waals surface area contributed by atoms with Gasteiger partial charge in [0.2, 0.25) is 0 Å². The minimum Gasteiger partial charge on any atom is -0.494 e. The van der Waals surface area contributed by atoms with E-state index in [2.05, 4.69) is 10.5 Å². The molecule has 4 aromatic rings. The van der Waals surface area contributed by atoms with Crippen molar-refractivity contribution < 1.29 is 28.5 Å². The monoisotopic (exact) mass is 524 g/mol. The summed E-state index contributed by atoms with van der Waals surface area (Å²) in [5, 5.41) is 3.94. The van der Waals surface area contributed by atoms with E-state index in [1.807, 2.05) is 37.3 Å². The number of nitrogens with one attached hydrogen (secondary N) is 1. The smallest absolute Gasteiger partial charge is 0.343 e. The molecule has 0 radical (unpaired) electrons. The zero-order valence-corrected chi connectivity index (χ0v) is 21.4. The molecule has 0 saturated carbocycles. The summed E-state index contributed by atoms with van der Waals surface area (Å²) in [6.07, 6.45) is 1.48. The number of carbonyl (C=O) groups is 2. The first kappa shape index (κ1) is 26.9. The first-order chi connectivity index (χ1) is 19.1. The Hall–Kier alpha value is -5.11. The van der Waals surface area contributed by atoms with Crippen LogP contribution < -0.4 is 24.4 Å². The number of benzene rings is 4.